The third-order valence-electron chi connectivity index (χ3n) is 3.07. The van der Waals surface area contributed by atoms with E-state index in [1.807, 2.05) is 18.2 Å². The highest BCUT2D eigenvalue weighted by molar-refractivity contribution is 7.99. The molecular weight excluding hydrogens is 350 g/mol. The zero-order valence-electron chi connectivity index (χ0n) is 12.8. The molecule has 0 aliphatic rings. The number of benzene rings is 1. The number of carbonyl (C=O) groups excluding carboxylic acids is 1. The Bertz CT molecular complexity index is 829. The van der Waals surface area contributed by atoms with Crippen LogP contribution in [0, 0.1) is 6.92 Å². The third-order valence-corrected chi connectivity index (χ3v) is 4.28. The van der Waals surface area contributed by atoms with E-state index < -0.39 is 0 Å². The molecule has 6 nitrogen and oxygen atoms in total. The Morgan fingerprint density at radius 2 is 2.00 bits per heavy atom. The van der Waals surface area contributed by atoms with Crippen molar-refractivity contribution < 1.29 is 13.8 Å². The van der Waals surface area contributed by atoms with Gasteiger partial charge >= 0.3 is 0 Å². The van der Waals surface area contributed by atoms with Crippen LogP contribution in [0.3, 0.4) is 0 Å². The Morgan fingerprint density at radius 3 is 2.71 bits per heavy atom. The van der Waals surface area contributed by atoms with Crippen LogP contribution in [0.4, 0.5) is 5.82 Å². The maximum Gasteiger partial charge on any atom is 0.235 e. The Kier molecular flexibility index (Phi) is 5.22. The topological polar surface area (TPSA) is 81.2 Å². The predicted molar refractivity (Wildman–Crippen MR) is 93.0 cm³/mol. The van der Waals surface area contributed by atoms with Gasteiger partial charge in [0, 0.05) is 22.7 Å². The molecule has 0 aliphatic carbocycles. The van der Waals surface area contributed by atoms with Crippen molar-refractivity contribution in [3.63, 3.8) is 0 Å². The van der Waals surface area contributed by atoms with Crippen LogP contribution in [0.5, 0.6) is 0 Å². The molecule has 0 aliphatic heterocycles. The summed E-state index contributed by atoms with van der Waals surface area (Å²) in [7, 11) is 0. The molecule has 3 rings (SSSR count). The maximum atomic E-state index is 11.8. The van der Waals surface area contributed by atoms with Gasteiger partial charge in [0.05, 0.1) is 11.5 Å². The van der Waals surface area contributed by atoms with Gasteiger partial charge in [-0.05, 0) is 19.1 Å². The summed E-state index contributed by atoms with van der Waals surface area (Å²) in [4.78, 5) is 11.8. The number of hydrogen-bond acceptors (Lipinski definition) is 6. The monoisotopic (exact) mass is 363 g/mol. The number of nitrogens with one attached hydrogen (secondary N) is 1. The molecule has 1 N–H and O–H groups in total. The molecule has 0 bridgehead atoms. The highest BCUT2D eigenvalue weighted by Crippen LogP contribution is 2.23. The number of aromatic nitrogens is 2. The van der Waals surface area contributed by atoms with Crippen LogP contribution in [-0.4, -0.2) is 22.0 Å². The SMILES string of the molecule is Cc1cc(NC(=O)CSCc2cc(-c3ccc(Cl)cc3)no2)no1. The van der Waals surface area contributed by atoms with E-state index in [9.17, 15) is 4.79 Å². The summed E-state index contributed by atoms with van der Waals surface area (Å²) in [5.74, 6) is 2.45. The first-order chi connectivity index (χ1) is 11.6. The molecule has 0 fully saturated rings. The van der Waals surface area contributed by atoms with Gasteiger partial charge < -0.3 is 14.4 Å². The van der Waals surface area contributed by atoms with Crippen molar-refractivity contribution in [2.45, 2.75) is 12.7 Å². The van der Waals surface area contributed by atoms with E-state index in [-0.39, 0.29) is 11.7 Å². The summed E-state index contributed by atoms with van der Waals surface area (Å²) < 4.78 is 10.2. The minimum absolute atomic E-state index is 0.147. The molecule has 8 heteroatoms. The molecule has 0 spiro atoms. The predicted octanol–water partition coefficient (Wildman–Crippen LogP) is 4.16. The quantitative estimate of drug-likeness (QED) is 0.708. The van der Waals surface area contributed by atoms with E-state index in [4.69, 9.17) is 20.6 Å². The van der Waals surface area contributed by atoms with Gasteiger partial charge in [-0.3, -0.25) is 4.79 Å². The summed E-state index contributed by atoms with van der Waals surface area (Å²) in [6.07, 6.45) is 0. The molecule has 0 saturated carbocycles. The summed E-state index contributed by atoms with van der Waals surface area (Å²) in [6, 6.07) is 10.9. The van der Waals surface area contributed by atoms with Crippen molar-refractivity contribution in [1.29, 1.82) is 0 Å². The van der Waals surface area contributed by atoms with Crippen LogP contribution in [0.15, 0.2) is 45.4 Å². The lowest BCUT2D eigenvalue weighted by molar-refractivity contribution is -0.113. The van der Waals surface area contributed by atoms with E-state index in [0.717, 1.165) is 11.3 Å². The van der Waals surface area contributed by atoms with E-state index >= 15 is 0 Å². The number of carbonyl (C=O) groups is 1. The van der Waals surface area contributed by atoms with Gasteiger partial charge in [0.25, 0.3) is 0 Å². The Morgan fingerprint density at radius 1 is 1.21 bits per heavy atom. The second kappa shape index (κ2) is 7.55. The van der Waals surface area contributed by atoms with Crippen LogP contribution in [0.1, 0.15) is 11.5 Å². The molecule has 0 radical (unpaired) electrons. The number of rotatable bonds is 6. The third kappa shape index (κ3) is 4.39. The average Bonchev–Trinajstić information content (AvgIpc) is 3.17. The molecule has 0 unspecified atom stereocenters. The van der Waals surface area contributed by atoms with Gasteiger partial charge in [0.2, 0.25) is 5.91 Å². The standard InChI is InChI=1S/C16H14ClN3O3S/c1-10-6-15(20-22-10)18-16(21)9-24-8-13-7-14(19-23-13)11-2-4-12(17)5-3-11/h2-7H,8-9H2,1H3,(H,18,20,21). The van der Waals surface area contributed by atoms with Crippen LogP contribution in [0.2, 0.25) is 5.02 Å². The molecule has 1 aromatic carbocycles. The zero-order chi connectivity index (χ0) is 16.9. The fourth-order valence-corrected chi connectivity index (χ4v) is 2.81. The number of thioether (sulfide) groups is 1. The van der Waals surface area contributed by atoms with Crippen LogP contribution < -0.4 is 5.32 Å². The lowest BCUT2D eigenvalue weighted by Crippen LogP contribution is -2.14. The maximum absolute atomic E-state index is 11.8. The molecular formula is C16H14ClN3O3S. The van der Waals surface area contributed by atoms with Crippen molar-refractivity contribution in [2.24, 2.45) is 0 Å². The molecule has 24 heavy (non-hydrogen) atoms. The second-order valence-corrected chi connectivity index (χ2v) is 6.47. The molecule has 0 atom stereocenters. The molecule has 0 saturated heterocycles. The van der Waals surface area contributed by atoms with E-state index in [0.29, 0.717) is 28.1 Å². The highest BCUT2D eigenvalue weighted by Gasteiger charge is 2.09. The van der Waals surface area contributed by atoms with Crippen molar-refractivity contribution in [3.05, 3.63) is 52.9 Å². The summed E-state index contributed by atoms with van der Waals surface area (Å²) in [6.45, 7) is 1.76. The van der Waals surface area contributed by atoms with Crippen molar-refractivity contribution in [2.75, 3.05) is 11.1 Å². The van der Waals surface area contributed by atoms with E-state index in [2.05, 4.69) is 15.6 Å². The van der Waals surface area contributed by atoms with E-state index in [1.54, 1.807) is 25.1 Å². The molecule has 124 valence electrons. The minimum atomic E-state index is -0.147. The fourth-order valence-electron chi connectivity index (χ4n) is 1.99. The van der Waals surface area contributed by atoms with Crippen molar-refractivity contribution >= 4 is 35.1 Å². The largest absolute Gasteiger partial charge is 0.360 e. The fraction of sp³-hybridized carbons (Fsp3) is 0.188. The first-order valence-corrected chi connectivity index (χ1v) is 8.66. The van der Waals surface area contributed by atoms with E-state index in [1.165, 1.54) is 11.8 Å². The second-order valence-electron chi connectivity index (χ2n) is 5.05. The zero-order valence-corrected chi connectivity index (χ0v) is 14.4. The molecule has 2 heterocycles. The average molecular weight is 364 g/mol. The number of halogens is 1. The van der Waals surface area contributed by atoms with Gasteiger partial charge in [0.15, 0.2) is 5.82 Å². The smallest absolute Gasteiger partial charge is 0.235 e. The number of hydrogen-bond donors (Lipinski definition) is 1. The van der Waals surface area contributed by atoms with Crippen molar-refractivity contribution in [3.8, 4) is 11.3 Å². The minimum Gasteiger partial charge on any atom is -0.360 e. The Balaban J connectivity index is 1.48. The van der Waals surface area contributed by atoms with Crippen LogP contribution in [0.25, 0.3) is 11.3 Å². The number of nitrogens with zero attached hydrogens (tertiary/aromatic N) is 2. The van der Waals surface area contributed by atoms with Gasteiger partial charge in [0.1, 0.15) is 17.2 Å². The number of anilines is 1. The summed E-state index contributed by atoms with van der Waals surface area (Å²) >= 11 is 7.29. The van der Waals surface area contributed by atoms with Gasteiger partial charge in [-0.1, -0.05) is 34.0 Å². The lowest BCUT2D eigenvalue weighted by atomic mass is 10.1. The Labute approximate surface area is 147 Å². The Hall–Kier alpha value is -2.25. The molecule has 3 aromatic rings. The number of amides is 1. The van der Waals surface area contributed by atoms with Gasteiger partial charge in [-0.15, -0.1) is 11.8 Å². The summed E-state index contributed by atoms with van der Waals surface area (Å²) in [5, 5.41) is 11.1. The highest BCUT2D eigenvalue weighted by atomic mass is 35.5. The van der Waals surface area contributed by atoms with Crippen molar-refractivity contribution in [1.82, 2.24) is 10.3 Å². The van der Waals surface area contributed by atoms with Crippen LogP contribution in [-0.2, 0) is 10.5 Å². The molecule has 1 amide bonds. The lowest BCUT2D eigenvalue weighted by Gasteiger charge is -1.99. The number of aryl methyl sites for hydroxylation is 1. The first kappa shape index (κ1) is 16.6. The van der Waals surface area contributed by atoms with Gasteiger partial charge in [-0.2, -0.15) is 0 Å². The first-order valence-electron chi connectivity index (χ1n) is 7.12. The normalized spacial score (nSPS) is 10.8. The van der Waals surface area contributed by atoms with Gasteiger partial charge in [-0.25, -0.2) is 0 Å². The molecule has 2 aromatic heterocycles. The van der Waals surface area contributed by atoms with Crippen LogP contribution >= 0.6 is 23.4 Å². The summed E-state index contributed by atoms with van der Waals surface area (Å²) in [5.41, 5.74) is 1.67.